The number of allylic oxidation sites excluding steroid dienone is 14. The number of likely N-dealkylation sites (N-methyl/N-ethyl adjacent to an activating group) is 6. The number of aryl methyl sites for hydroxylation is 3. The lowest BCUT2D eigenvalue weighted by Gasteiger charge is -2.28. The molecule has 0 atom stereocenters. The van der Waals surface area contributed by atoms with Crippen molar-refractivity contribution in [2.45, 2.75) is 48.5 Å². The molecule has 0 aromatic heterocycles. The van der Waals surface area contributed by atoms with Crippen LogP contribution in [0.4, 0.5) is 29.3 Å². The van der Waals surface area contributed by atoms with Crippen LogP contribution in [-0.2, 0) is 67.1 Å². The third-order valence-corrected chi connectivity index (χ3v) is 22.2. The minimum absolute atomic E-state index is 0.0328. The molecule has 7 aromatic carbocycles. The standard InChI is InChI=1S/C17H19N3O3.C16H16N2O3S.C16H16N2O3.C16H16N2O2S.C15H13FN2O3.C14H12N2O4.C14H12N2O2S/c1-18(2)13-9-5-7-12(11-13)8-6-10-14-15(21)19(3)17(23)20(4)16(14)22;1-3-18-15(20)12(14(19)17-16(18)22)9-6-8-11-7-4-5-10-13(11)21-2;1-3-18-15(20)13(14(19)17-16(18)21)6-4-5-12-9-7-11(2)8-10-12;1-3-18-15(20)13(14(19)17-16(18)21)10-6-9-12-8-5-4-7-11(12)2;1-2-18-14(20)11(13(19)17-15(18)21)8-5-7-10-6-3-4-9-12(10)16;1-20-10-7-5-9(6-8-10)3-2-4-11-12(17)15-14(19)16-13(11)18;1-9-5-2-3-6-10(9)7-4-8-11-12(17)15-14(19)16-13(11)18/h5-11H,1-4H3;4-10H,3H2,1-2H3,(H,17,19,22);2*4-10H,3H2,1-2H3,(H,17,19,21);3-9H,2H2,1H3,(H,17,19,21);2-8H,1H3,(H2,15,16,17,18,19);2-8H,1H3,(H2,15,16,17,18,19)/b8-6+;8-6+,12-9+;5-4+,13-6+;9-6+,13-10+;7-5+,11-8+;3-2+;7-4+. The van der Waals surface area contributed by atoms with E-state index in [9.17, 15) is 90.7 Å². The third-order valence-electron chi connectivity index (χ3n) is 21.3. The zero-order valence-electron chi connectivity index (χ0n) is 82.0. The molecule has 7 aliphatic heterocycles. The van der Waals surface area contributed by atoms with Crippen LogP contribution in [0.1, 0.15) is 83.3 Å². The van der Waals surface area contributed by atoms with Crippen molar-refractivity contribution in [2.24, 2.45) is 0 Å². The molecular weight excluding hydrogens is 1940 g/mol. The average molecular weight is 2050 g/mol. The van der Waals surface area contributed by atoms with Crippen molar-refractivity contribution in [2.75, 3.05) is 73.5 Å². The summed E-state index contributed by atoms with van der Waals surface area (Å²) in [6.45, 7) is 14.1. The fourth-order valence-corrected chi connectivity index (χ4v) is 14.1. The van der Waals surface area contributed by atoms with E-state index in [2.05, 4.69) is 31.9 Å². The number of para-hydroxylation sites is 1. The molecule has 147 heavy (non-hydrogen) atoms. The lowest BCUT2D eigenvalue weighted by molar-refractivity contribution is -0.135. The summed E-state index contributed by atoms with van der Waals surface area (Å²) in [7, 11) is 9.78. The Hall–Kier alpha value is -18.2. The Kier molecular flexibility index (Phi) is 43.3. The number of urea groups is 4. The molecule has 756 valence electrons. The molecule has 8 N–H and O–H groups in total. The summed E-state index contributed by atoms with van der Waals surface area (Å²) in [6, 6.07) is 49.4. The Morgan fingerprint density at radius 2 is 0.660 bits per heavy atom. The molecule has 14 rings (SSSR count). The Morgan fingerprint density at radius 3 is 1.06 bits per heavy atom. The number of carbonyl (C=O) groups excluding carboxylic acids is 18. The van der Waals surface area contributed by atoms with Gasteiger partial charge in [-0.2, -0.15) is 0 Å². The van der Waals surface area contributed by atoms with Gasteiger partial charge in [-0.05, 0) is 203 Å². The van der Waals surface area contributed by atoms with Gasteiger partial charge in [-0.3, -0.25) is 139 Å². The van der Waals surface area contributed by atoms with Gasteiger partial charge in [-0.15, -0.1) is 0 Å². The molecule has 0 radical (unpaired) electrons. The van der Waals surface area contributed by atoms with Gasteiger partial charge in [-0.25, -0.2) is 23.6 Å². The summed E-state index contributed by atoms with van der Waals surface area (Å²) in [4.78, 5) is 219. The van der Waals surface area contributed by atoms with E-state index < -0.39 is 101 Å². The second-order valence-electron chi connectivity index (χ2n) is 31.4. The number of ether oxygens (including phenoxy) is 2. The molecule has 0 bridgehead atoms. The van der Waals surface area contributed by atoms with Crippen molar-refractivity contribution in [3.8, 4) is 11.5 Å². The van der Waals surface area contributed by atoms with Gasteiger partial charge in [0, 0.05) is 71.2 Å². The van der Waals surface area contributed by atoms with E-state index in [1.54, 1.807) is 126 Å². The molecule has 7 aliphatic rings. The molecule has 7 heterocycles. The molecule has 7 aromatic rings. The van der Waals surface area contributed by atoms with Gasteiger partial charge in [-0.1, -0.05) is 224 Å². The Bertz CT molecular complexity index is 6690. The molecular formula is C108H104FN15O20S3. The second-order valence-corrected chi connectivity index (χ2v) is 32.6. The molecule has 7 saturated heterocycles. The number of rotatable bonds is 21. The fraction of sp³-hybridized carbons (Fsp3) is 0.157. The molecule has 0 spiro atoms. The molecule has 22 amide bonds. The van der Waals surface area contributed by atoms with Crippen molar-refractivity contribution in [3.05, 3.63) is 355 Å². The Balaban J connectivity index is 0.000000209. The van der Waals surface area contributed by atoms with Crippen molar-refractivity contribution in [1.82, 2.24) is 71.9 Å². The van der Waals surface area contributed by atoms with E-state index in [-0.39, 0.29) is 79.3 Å². The first-order chi connectivity index (χ1) is 70.2. The molecule has 35 nitrogen and oxygen atoms in total. The quantitative estimate of drug-likeness (QED) is 0.0188. The second kappa shape index (κ2) is 55.8. The SMILES string of the molecule is CCN1C(=O)/C(=C/C=C/c2ccccc2C)C(=O)NC1=S.CCN1C(=O)/C(=C/C=C/c2ccccc2OC)C(=O)NC1=S.CCN1C(=O)NC(=O)/C(=C\C=C\c2ccc(C)cc2)C1=O.CCN1C(=O)NC(=O)/C(=C\C=C\c2ccccc2F)C1=O.CN1C(=O)C(=C/C=C/c2cccc(N(C)C)c2)C(=O)N(C)C1=O.COc1ccc(/C=C/C=C2C(=O)NC(=O)NC2=O)cc1.Cc1ccccc1/C=C/C=C1C(=O)NC(=S)NC1=O. The molecule has 0 unspecified atom stereocenters. The van der Waals surface area contributed by atoms with Crippen molar-refractivity contribution in [1.29, 1.82) is 0 Å². The number of benzene rings is 7. The molecule has 7 fully saturated rings. The molecule has 0 aliphatic carbocycles. The van der Waals surface area contributed by atoms with E-state index in [0.29, 0.717) is 24.4 Å². The van der Waals surface area contributed by atoms with Crippen molar-refractivity contribution >= 4 is 207 Å². The van der Waals surface area contributed by atoms with Gasteiger partial charge >= 0.3 is 24.1 Å². The predicted molar refractivity (Wildman–Crippen MR) is 566 cm³/mol. The van der Waals surface area contributed by atoms with Crippen LogP contribution in [0.15, 0.2) is 294 Å². The zero-order chi connectivity index (χ0) is 108. The van der Waals surface area contributed by atoms with E-state index in [0.717, 1.165) is 81.1 Å². The summed E-state index contributed by atoms with van der Waals surface area (Å²) >= 11 is 14.6. The summed E-state index contributed by atoms with van der Waals surface area (Å²) in [6.07, 6.45) is 33.4. The van der Waals surface area contributed by atoms with Crippen LogP contribution in [0.25, 0.3) is 42.5 Å². The van der Waals surface area contributed by atoms with Gasteiger partial charge in [0.25, 0.3) is 82.7 Å². The van der Waals surface area contributed by atoms with Gasteiger partial charge < -0.3 is 14.4 Å². The number of barbiturate groups is 4. The van der Waals surface area contributed by atoms with Gasteiger partial charge in [0.1, 0.15) is 56.3 Å². The average Bonchev–Trinajstić information content (AvgIpc) is 0.842. The molecule has 0 saturated carbocycles. The largest absolute Gasteiger partial charge is 0.497 e. The number of thiocarbonyl (C=S) groups is 3. The van der Waals surface area contributed by atoms with Gasteiger partial charge in [0.05, 0.1) is 14.2 Å². The van der Waals surface area contributed by atoms with E-state index in [4.69, 9.17) is 46.1 Å². The molecule has 39 heteroatoms. The van der Waals surface area contributed by atoms with Crippen LogP contribution in [0.2, 0.25) is 0 Å². The highest BCUT2D eigenvalue weighted by atomic mass is 32.1. The smallest absolute Gasteiger partial charge is 0.333 e. The number of amides is 22. The maximum absolute atomic E-state index is 13.4. The number of anilines is 1. The van der Waals surface area contributed by atoms with E-state index in [1.807, 2.05) is 203 Å². The third kappa shape index (κ3) is 32.4. The minimum atomic E-state index is -0.809. The van der Waals surface area contributed by atoms with Crippen LogP contribution in [0.5, 0.6) is 11.5 Å². The highest BCUT2D eigenvalue weighted by molar-refractivity contribution is 7.80. The maximum Gasteiger partial charge on any atom is 0.333 e. The Labute approximate surface area is 862 Å². The zero-order valence-corrected chi connectivity index (χ0v) is 84.5. The number of imide groups is 8. The predicted octanol–water partition coefficient (Wildman–Crippen LogP) is 12.2. The summed E-state index contributed by atoms with van der Waals surface area (Å²) in [5, 5.41) is 18.3. The number of nitrogens with zero attached hydrogens (tertiary/aromatic N) is 7. The minimum Gasteiger partial charge on any atom is -0.497 e. The topological polar surface area (TPSA) is 445 Å². The highest BCUT2D eigenvalue weighted by Gasteiger charge is 2.40. The van der Waals surface area contributed by atoms with Crippen molar-refractivity contribution < 1.29 is 100 Å². The lowest BCUT2D eigenvalue weighted by atomic mass is 10.1. The van der Waals surface area contributed by atoms with Gasteiger partial charge in [0.2, 0.25) is 0 Å². The Morgan fingerprint density at radius 1 is 0.327 bits per heavy atom. The lowest BCUT2D eigenvalue weighted by Crippen LogP contribution is -2.53. The van der Waals surface area contributed by atoms with Crippen LogP contribution in [0, 0.1) is 26.6 Å². The first kappa shape index (κ1) is 114. The summed E-state index contributed by atoms with van der Waals surface area (Å²) in [5.41, 5.74) is 10.4. The number of nitrogens with one attached hydrogen (secondary N) is 8. The maximum atomic E-state index is 13.4. The first-order valence-corrected chi connectivity index (χ1v) is 46.2. The normalized spacial score (nSPS) is 16.7. The first-order valence-electron chi connectivity index (χ1n) is 45.0. The van der Waals surface area contributed by atoms with E-state index >= 15 is 0 Å². The van der Waals surface area contributed by atoms with E-state index in [1.165, 1.54) is 84.6 Å². The van der Waals surface area contributed by atoms with Crippen LogP contribution in [0.3, 0.4) is 0 Å². The van der Waals surface area contributed by atoms with Crippen LogP contribution >= 0.6 is 36.7 Å². The number of hydrogen-bond donors (Lipinski definition) is 8. The van der Waals surface area contributed by atoms with Crippen LogP contribution < -0.4 is 56.9 Å². The fourth-order valence-electron chi connectivity index (χ4n) is 13.3. The van der Waals surface area contributed by atoms with Crippen LogP contribution in [-0.4, -0.2) is 220 Å². The summed E-state index contributed by atoms with van der Waals surface area (Å²) in [5.74, 6) is -6.86. The monoisotopic (exact) mass is 2050 g/mol. The number of methoxy groups -OCH3 is 2. The number of halogens is 1. The van der Waals surface area contributed by atoms with Crippen molar-refractivity contribution in [3.63, 3.8) is 0 Å². The van der Waals surface area contributed by atoms with Gasteiger partial charge in [0.15, 0.2) is 15.3 Å². The number of hydrogen-bond acceptors (Lipinski definition) is 24. The summed E-state index contributed by atoms with van der Waals surface area (Å²) < 4.78 is 23.7. The highest BCUT2D eigenvalue weighted by Crippen LogP contribution is 2.24. The number of carbonyl (C=O) groups is 18.